The minimum atomic E-state index is -0.774. The molecule has 0 saturated carbocycles. The summed E-state index contributed by atoms with van der Waals surface area (Å²) in [5.74, 6) is -0.625. The first-order valence-electron chi connectivity index (χ1n) is 6.83. The van der Waals surface area contributed by atoms with Crippen LogP contribution in [-0.4, -0.2) is 69.1 Å². The smallest absolute Gasteiger partial charge is 0.304 e. The fourth-order valence-corrected chi connectivity index (χ4v) is 2.28. The number of hydrogen-bond acceptors (Lipinski definition) is 4. The van der Waals surface area contributed by atoms with Gasteiger partial charge in [0.2, 0.25) is 5.91 Å². The summed E-state index contributed by atoms with van der Waals surface area (Å²) in [6.45, 7) is 4.09. The lowest BCUT2D eigenvalue weighted by Crippen LogP contribution is -2.49. The number of carboxylic acids is 1. The summed E-state index contributed by atoms with van der Waals surface area (Å²) in [4.78, 5) is 30.4. The number of rotatable bonds is 6. The zero-order valence-electron chi connectivity index (χ0n) is 11.4. The number of amides is 1. The molecule has 0 bridgehead atoms. The van der Waals surface area contributed by atoms with Gasteiger partial charge in [-0.15, -0.1) is 0 Å². The Morgan fingerprint density at radius 1 is 1.10 bits per heavy atom. The van der Waals surface area contributed by atoms with Gasteiger partial charge in [0.25, 0.3) is 0 Å². The normalized spacial score (nSPS) is 16.3. The van der Waals surface area contributed by atoms with E-state index in [1.165, 1.54) is 0 Å². The van der Waals surface area contributed by atoms with E-state index in [1.807, 2.05) is 15.7 Å². The fourth-order valence-electron chi connectivity index (χ4n) is 2.28. The Balaban J connectivity index is 1.67. The molecule has 20 heavy (non-hydrogen) atoms. The van der Waals surface area contributed by atoms with E-state index in [-0.39, 0.29) is 12.3 Å². The molecule has 1 saturated heterocycles. The number of aromatic nitrogens is 2. The number of piperazine rings is 1. The Kier molecular flexibility index (Phi) is 5.11. The first-order valence-corrected chi connectivity index (χ1v) is 6.83. The Bertz CT molecular complexity index is 438. The number of nitrogens with zero attached hydrogens (tertiary/aromatic N) is 4. The molecule has 0 radical (unpaired) electrons. The highest BCUT2D eigenvalue weighted by atomic mass is 16.4. The Morgan fingerprint density at radius 3 is 2.45 bits per heavy atom. The van der Waals surface area contributed by atoms with Crippen LogP contribution in [0.25, 0.3) is 0 Å². The van der Waals surface area contributed by atoms with E-state index in [9.17, 15) is 9.59 Å². The number of carboxylic acid groups (broad SMARTS) is 1. The van der Waals surface area contributed by atoms with Gasteiger partial charge in [0.05, 0.1) is 12.7 Å². The zero-order valence-corrected chi connectivity index (χ0v) is 11.4. The molecule has 7 heteroatoms. The van der Waals surface area contributed by atoms with Gasteiger partial charge < -0.3 is 14.6 Å². The second-order valence-electron chi connectivity index (χ2n) is 4.92. The number of imidazole rings is 1. The summed E-state index contributed by atoms with van der Waals surface area (Å²) in [5, 5.41) is 8.65. The molecule has 0 unspecified atom stereocenters. The van der Waals surface area contributed by atoms with Crippen LogP contribution in [0.3, 0.4) is 0 Å². The largest absolute Gasteiger partial charge is 0.481 e. The van der Waals surface area contributed by atoms with Gasteiger partial charge in [0, 0.05) is 58.1 Å². The summed E-state index contributed by atoms with van der Waals surface area (Å²) >= 11 is 0. The van der Waals surface area contributed by atoms with E-state index in [1.54, 1.807) is 12.5 Å². The van der Waals surface area contributed by atoms with E-state index in [0.717, 1.165) is 13.1 Å². The highest BCUT2D eigenvalue weighted by Crippen LogP contribution is 2.05. The van der Waals surface area contributed by atoms with Crippen LogP contribution in [0.2, 0.25) is 0 Å². The van der Waals surface area contributed by atoms with E-state index in [4.69, 9.17) is 5.11 Å². The molecule has 1 aliphatic heterocycles. The molecule has 1 fully saturated rings. The summed E-state index contributed by atoms with van der Waals surface area (Å²) < 4.78 is 1.89. The van der Waals surface area contributed by atoms with Gasteiger partial charge in [-0.25, -0.2) is 4.98 Å². The van der Waals surface area contributed by atoms with E-state index in [0.29, 0.717) is 32.6 Å². The lowest BCUT2D eigenvalue weighted by molar-refractivity contribution is -0.138. The molecular formula is C13H20N4O3. The van der Waals surface area contributed by atoms with Crippen molar-refractivity contribution in [3.05, 3.63) is 18.7 Å². The van der Waals surface area contributed by atoms with Gasteiger partial charge in [0.15, 0.2) is 0 Å². The molecular weight excluding hydrogens is 260 g/mol. The SMILES string of the molecule is O=C(O)CCN1CCN(C(=O)CCn2ccnc2)CC1. The molecule has 2 heterocycles. The lowest BCUT2D eigenvalue weighted by Gasteiger charge is -2.34. The molecule has 1 aliphatic rings. The standard InChI is InChI=1S/C13H20N4O3/c18-12(1-4-16-6-3-14-11-16)17-9-7-15(8-10-17)5-2-13(19)20/h3,6,11H,1-2,4-5,7-10H2,(H,19,20). The second-order valence-corrected chi connectivity index (χ2v) is 4.92. The van der Waals surface area contributed by atoms with Crippen molar-refractivity contribution in [3.63, 3.8) is 0 Å². The van der Waals surface area contributed by atoms with Gasteiger partial charge in [0.1, 0.15) is 0 Å². The predicted molar refractivity (Wildman–Crippen MR) is 72.1 cm³/mol. The molecule has 2 rings (SSSR count). The molecule has 0 aromatic carbocycles. The number of carbonyl (C=O) groups excluding carboxylic acids is 1. The minimum Gasteiger partial charge on any atom is -0.481 e. The van der Waals surface area contributed by atoms with Crippen molar-refractivity contribution >= 4 is 11.9 Å². The minimum absolute atomic E-state index is 0.150. The van der Waals surface area contributed by atoms with Gasteiger partial charge in [-0.05, 0) is 0 Å². The van der Waals surface area contributed by atoms with Crippen molar-refractivity contribution in [2.45, 2.75) is 19.4 Å². The van der Waals surface area contributed by atoms with Crippen LogP contribution < -0.4 is 0 Å². The van der Waals surface area contributed by atoms with Crippen LogP contribution in [-0.2, 0) is 16.1 Å². The monoisotopic (exact) mass is 280 g/mol. The molecule has 0 aliphatic carbocycles. The molecule has 0 atom stereocenters. The zero-order chi connectivity index (χ0) is 14.4. The Labute approximate surface area is 117 Å². The lowest BCUT2D eigenvalue weighted by atomic mass is 10.2. The van der Waals surface area contributed by atoms with Gasteiger partial charge in [-0.3, -0.25) is 14.5 Å². The third-order valence-corrected chi connectivity index (χ3v) is 3.51. The number of aryl methyl sites for hydroxylation is 1. The number of aliphatic carboxylic acids is 1. The molecule has 7 nitrogen and oxygen atoms in total. The van der Waals surface area contributed by atoms with Crippen LogP contribution >= 0.6 is 0 Å². The predicted octanol–water partition coefficient (Wildman–Crippen LogP) is -0.108. The van der Waals surface area contributed by atoms with E-state index in [2.05, 4.69) is 9.88 Å². The first kappa shape index (κ1) is 14.5. The molecule has 1 amide bonds. The molecule has 1 aromatic rings. The summed E-state index contributed by atoms with van der Waals surface area (Å²) in [6.07, 6.45) is 5.89. The number of carbonyl (C=O) groups is 2. The first-order chi connectivity index (χ1) is 9.65. The average Bonchev–Trinajstić information content (AvgIpc) is 2.96. The molecule has 0 spiro atoms. The van der Waals surface area contributed by atoms with Crippen molar-refractivity contribution < 1.29 is 14.7 Å². The fraction of sp³-hybridized carbons (Fsp3) is 0.615. The molecule has 110 valence electrons. The highest BCUT2D eigenvalue weighted by Gasteiger charge is 2.20. The van der Waals surface area contributed by atoms with Crippen molar-refractivity contribution in [1.82, 2.24) is 19.4 Å². The maximum atomic E-state index is 12.0. The summed E-state index contributed by atoms with van der Waals surface area (Å²) in [5.41, 5.74) is 0. The third kappa shape index (κ3) is 4.34. The van der Waals surface area contributed by atoms with Crippen molar-refractivity contribution in [1.29, 1.82) is 0 Å². The van der Waals surface area contributed by atoms with Crippen molar-refractivity contribution in [2.24, 2.45) is 0 Å². The van der Waals surface area contributed by atoms with E-state index >= 15 is 0 Å². The summed E-state index contributed by atoms with van der Waals surface area (Å²) in [7, 11) is 0. The van der Waals surface area contributed by atoms with E-state index < -0.39 is 5.97 Å². The van der Waals surface area contributed by atoms with Crippen LogP contribution in [0.1, 0.15) is 12.8 Å². The third-order valence-electron chi connectivity index (χ3n) is 3.51. The van der Waals surface area contributed by atoms with Crippen LogP contribution in [0.5, 0.6) is 0 Å². The quantitative estimate of drug-likeness (QED) is 0.786. The Hall–Kier alpha value is -1.89. The van der Waals surface area contributed by atoms with Gasteiger partial charge in [-0.2, -0.15) is 0 Å². The van der Waals surface area contributed by atoms with Crippen LogP contribution in [0, 0.1) is 0 Å². The molecule has 1 aromatic heterocycles. The maximum Gasteiger partial charge on any atom is 0.304 e. The topological polar surface area (TPSA) is 78.7 Å². The van der Waals surface area contributed by atoms with Gasteiger partial charge in [-0.1, -0.05) is 0 Å². The Morgan fingerprint density at radius 2 is 1.85 bits per heavy atom. The van der Waals surface area contributed by atoms with Crippen molar-refractivity contribution in [3.8, 4) is 0 Å². The second kappa shape index (κ2) is 7.04. The van der Waals surface area contributed by atoms with Crippen LogP contribution in [0.4, 0.5) is 0 Å². The summed E-state index contributed by atoms with van der Waals surface area (Å²) in [6, 6.07) is 0. The number of hydrogen-bond donors (Lipinski definition) is 1. The van der Waals surface area contributed by atoms with Gasteiger partial charge >= 0.3 is 5.97 Å². The van der Waals surface area contributed by atoms with Crippen LogP contribution in [0.15, 0.2) is 18.7 Å². The highest BCUT2D eigenvalue weighted by molar-refractivity contribution is 5.76. The maximum absolute atomic E-state index is 12.0. The average molecular weight is 280 g/mol. The molecule has 1 N–H and O–H groups in total. The van der Waals surface area contributed by atoms with Crippen molar-refractivity contribution in [2.75, 3.05) is 32.7 Å².